The Morgan fingerprint density at radius 2 is 2.44 bits per heavy atom. The Balaban J connectivity index is 2.50. The zero-order valence-corrected chi connectivity index (χ0v) is 6.36. The zero-order chi connectivity index (χ0) is 6.91. The van der Waals surface area contributed by atoms with Gasteiger partial charge in [-0.2, -0.15) is 0 Å². The smallest absolute Gasteiger partial charge is 0.152 e. The van der Waals surface area contributed by atoms with Gasteiger partial charge in [-0.3, -0.25) is 0 Å². The maximum atomic E-state index is 8.63. The van der Waals surface area contributed by atoms with E-state index in [0.717, 1.165) is 4.91 Å². The van der Waals surface area contributed by atoms with Crippen LogP contribution in [0.25, 0.3) is 0 Å². The van der Waals surface area contributed by atoms with E-state index in [2.05, 4.69) is 0 Å². The Bertz CT molecular complexity index is 140. The summed E-state index contributed by atoms with van der Waals surface area (Å²) in [6.07, 6.45) is 1.62. The van der Waals surface area contributed by atoms with E-state index in [4.69, 9.17) is 9.84 Å². The van der Waals surface area contributed by atoms with Gasteiger partial charge in [-0.1, -0.05) is 11.8 Å². The molecule has 0 aliphatic carbocycles. The first kappa shape index (κ1) is 6.96. The third-order valence-electron chi connectivity index (χ3n) is 1.01. The molecule has 1 N–H and O–H groups in total. The average molecular weight is 146 g/mol. The molecule has 3 heteroatoms. The van der Waals surface area contributed by atoms with Crippen LogP contribution in [0.2, 0.25) is 0 Å². The molecule has 0 aromatic carbocycles. The Morgan fingerprint density at radius 1 is 1.78 bits per heavy atom. The van der Waals surface area contributed by atoms with Gasteiger partial charge >= 0.3 is 0 Å². The van der Waals surface area contributed by atoms with E-state index in [1.54, 1.807) is 18.0 Å². The van der Waals surface area contributed by atoms with Crippen molar-refractivity contribution in [1.29, 1.82) is 0 Å². The van der Waals surface area contributed by atoms with Crippen LogP contribution in [0, 0.1) is 0 Å². The first-order valence-electron chi connectivity index (χ1n) is 2.81. The first-order chi connectivity index (χ1) is 4.14. The number of aliphatic hydroxyl groups is 1. The highest BCUT2D eigenvalue weighted by atomic mass is 32.2. The molecule has 0 bridgehead atoms. The van der Waals surface area contributed by atoms with Crippen LogP contribution in [-0.4, -0.2) is 16.6 Å². The van der Waals surface area contributed by atoms with Crippen molar-refractivity contribution in [3.8, 4) is 0 Å². The maximum Gasteiger partial charge on any atom is 0.152 e. The molecule has 0 aromatic rings. The average Bonchev–Trinajstić information content (AvgIpc) is 2.10. The van der Waals surface area contributed by atoms with E-state index in [0.29, 0.717) is 0 Å². The number of rotatable bonds is 1. The van der Waals surface area contributed by atoms with Crippen LogP contribution >= 0.6 is 11.8 Å². The van der Waals surface area contributed by atoms with Crippen LogP contribution in [0.1, 0.15) is 13.8 Å². The van der Waals surface area contributed by atoms with Crippen LogP contribution in [0.5, 0.6) is 0 Å². The topological polar surface area (TPSA) is 29.5 Å². The maximum absolute atomic E-state index is 8.63. The molecule has 0 saturated carbocycles. The molecular weight excluding hydrogens is 136 g/mol. The Labute approximate surface area is 58.9 Å². The first-order valence-corrected chi connectivity index (χ1v) is 3.62. The number of ether oxygens (including phenoxy) is 1. The Hall–Kier alpha value is -0.150. The molecule has 1 aliphatic heterocycles. The highest BCUT2D eigenvalue weighted by Crippen LogP contribution is 2.38. The number of hydrogen-bond acceptors (Lipinski definition) is 3. The van der Waals surface area contributed by atoms with Crippen molar-refractivity contribution >= 4 is 11.8 Å². The fourth-order valence-electron chi connectivity index (χ4n) is 0.641. The van der Waals surface area contributed by atoms with Crippen LogP contribution in [0.3, 0.4) is 0 Å². The van der Waals surface area contributed by atoms with Crippen LogP contribution in [0.15, 0.2) is 11.2 Å². The summed E-state index contributed by atoms with van der Waals surface area (Å²) in [5.41, 5.74) is 0. The molecule has 0 spiro atoms. The molecule has 52 valence electrons. The Kier molecular flexibility index (Phi) is 1.73. The van der Waals surface area contributed by atoms with Gasteiger partial charge in [-0.05, 0) is 13.8 Å². The summed E-state index contributed by atoms with van der Waals surface area (Å²) in [5, 5.41) is 8.63. The van der Waals surface area contributed by atoms with E-state index in [1.807, 2.05) is 13.8 Å². The van der Waals surface area contributed by atoms with Gasteiger partial charge in [0.2, 0.25) is 0 Å². The highest BCUT2D eigenvalue weighted by molar-refractivity contribution is 8.04. The monoisotopic (exact) mass is 146 g/mol. The SMILES string of the molecule is CC1(C)OC=C(CO)S1. The predicted molar refractivity (Wildman–Crippen MR) is 37.9 cm³/mol. The fourth-order valence-corrected chi connectivity index (χ4v) is 1.53. The van der Waals surface area contributed by atoms with Crippen molar-refractivity contribution in [2.45, 2.75) is 18.8 Å². The number of thioether (sulfide) groups is 1. The number of aliphatic hydroxyl groups excluding tert-OH is 1. The van der Waals surface area contributed by atoms with Crippen molar-refractivity contribution < 1.29 is 9.84 Å². The predicted octanol–water partition coefficient (Wildman–Crippen LogP) is 1.32. The van der Waals surface area contributed by atoms with E-state index in [9.17, 15) is 0 Å². The summed E-state index contributed by atoms with van der Waals surface area (Å²) in [6.45, 7) is 4.03. The minimum absolute atomic E-state index is 0.0914. The largest absolute Gasteiger partial charge is 0.484 e. The lowest BCUT2D eigenvalue weighted by Crippen LogP contribution is -2.11. The summed E-state index contributed by atoms with van der Waals surface area (Å²) in [6, 6.07) is 0. The second kappa shape index (κ2) is 2.23. The zero-order valence-electron chi connectivity index (χ0n) is 5.55. The van der Waals surface area contributed by atoms with Crippen LogP contribution in [0.4, 0.5) is 0 Å². The molecular formula is C6H10O2S. The minimum Gasteiger partial charge on any atom is -0.484 e. The molecule has 0 aromatic heterocycles. The summed E-state index contributed by atoms with van der Waals surface area (Å²) >= 11 is 1.56. The lowest BCUT2D eigenvalue weighted by Gasteiger charge is -2.15. The molecule has 1 aliphatic rings. The van der Waals surface area contributed by atoms with Crippen molar-refractivity contribution in [3.63, 3.8) is 0 Å². The third kappa shape index (κ3) is 1.63. The van der Waals surface area contributed by atoms with Gasteiger partial charge < -0.3 is 9.84 Å². The molecule has 0 saturated heterocycles. The molecule has 1 heterocycles. The van der Waals surface area contributed by atoms with Crippen molar-refractivity contribution in [2.75, 3.05) is 6.61 Å². The van der Waals surface area contributed by atoms with Crippen molar-refractivity contribution in [2.24, 2.45) is 0 Å². The van der Waals surface area contributed by atoms with Gasteiger partial charge in [-0.25, -0.2) is 0 Å². The standard InChI is InChI=1S/C6H10O2S/c1-6(2)8-4-5(3-7)9-6/h4,7H,3H2,1-2H3. The van der Waals surface area contributed by atoms with Crippen LogP contribution < -0.4 is 0 Å². The van der Waals surface area contributed by atoms with Gasteiger partial charge in [0.1, 0.15) is 0 Å². The van der Waals surface area contributed by atoms with E-state index in [1.165, 1.54) is 0 Å². The van der Waals surface area contributed by atoms with E-state index >= 15 is 0 Å². The minimum atomic E-state index is -0.169. The Morgan fingerprint density at radius 3 is 2.67 bits per heavy atom. The van der Waals surface area contributed by atoms with Gasteiger partial charge in [0, 0.05) is 4.91 Å². The van der Waals surface area contributed by atoms with Gasteiger partial charge in [0.25, 0.3) is 0 Å². The fraction of sp³-hybridized carbons (Fsp3) is 0.667. The lowest BCUT2D eigenvalue weighted by molar-refractivity contribution is 0.153. The summed E-state index contributed by atoms with van der Waals surface area (Å²) in [5.74, 6) is 0. The van der Waals surface area contributed by atoms with Gasteiger partial charge in [0.15, 0.2) is 4.93 Å². The van der Waals surface area contributed by atoms with E-state index in [-0.39, 0.29) is 11.5 Å². The van der Waals surface area contributed by atoms with Gasteiger partial charge in [0.05, 0.1) is 12.9 Å². The lowest BCUT2D eigenvalue weighted by atomic mass is 10.5. The van der Waals surface area contributed by atoms with E-state index < -0.39 is 0 Å². The molecule has 2 nitrogen and oxygen atoms in total. The molecule has 9 heavy (non-hydrogen) atoms. The molecule has 0 fully saturated rings. The van der Waals surface area contributed by atoms with Crippen molar-refractivity contribution in [1.82, 2.24) is 0 Å². The van der Waals surface area contributed by atoms with Crippen molar-refractivity contribution in [3.05, 3.63) is 11.2 Å². The molecule has 1 rings (SSSR count). The second-order valence-electron chi connectivity index (χ2n) is 2.36. The molecule has 0 radical (unpaired) electrons. The molecule has 0 amide bonds. The number of hydrogen-bond donors (Lipinski definition) is 1. The summed E-state index contributed by atoms with van der Waals surface area (Å²) < 4.78 is 5.18. The quantitative estimate of drug-likeness (QED) is 0.605. The molecule has 0 atom stereocenters. The second-order valence-corrected chi connectivity index (χ2v) is 4.07. The third-order valence-corrected chi connectivity index (χ3v) is 2.08. The highest BCUT2D eigenvalue weighted by Gasteiger charge is 2.26. The van der Waals surface area contributed by atoms with Gasteiger partial charge in [-0.15, -0.1) is 0 Å². The summed E-state index contributed by atoms with van der Waals surface area (Å²) in [4.78, 5) is 0.734. The van der Waals surface area contributed by atoms with Crippen LogP contribution in [-0.2, 0) is 4.74 Å². The molecule has 0 unspecified atom stereocenters. The summed E-state index contributed by atoms with van der Waals surface area (Å²) in [7, 11) is 0. The normalized spacial score (nSPS) is 23.2.